The zero-order valence-electron chi connectivity index (χ0n) is 32.8. The minimum Gasteiger partial charge on any atom is -0.466 e. The van der Waals surface area contributed by atoms with Crippen LogP contribution in [0.4, 0.5) is 0 Å². The molecule has 0 aromatic heterocycles. The smallest absolute Gasteiger partial charge is 0.307 e. The topological polar surface area (TPSA) is 183 Å². The van der Waals surface area contributed by atoms with E-state index in [-0.39, 0.29) is 127 Å². The van der Waals surface area contributed by atoms with Crippen LogP contribution in [0.25, 0.3) is 0 Å². The maximum Gasteiger partial charge on any atom is 0.307 e. The van der Waals surface area contributed by atoms with Crippen LogP contribution in [0.15, 0.2) is 0 Å². The molecule has 11 atom stereocenters. The summed E-state index contributed by atoms with van der Waals surface area (Å²) in [4.78, 5) is 51.6. The van der Waals surface area contributed by atoms with Crippen LogP contribution in [0.2, 0.25) is 0 Å². The van der Waals surface area contributed by atoms with E-state index in [1.165, 1.54) is 25.7 Å². The van der Waals surface area contributed by atoms with Gasteiger partial charge in [0.25, 0.3) is 0 Å². The molecule has 0 amide bonds. The summed E-state index contributed by atoms with van der Waals surface area (Å²) in [7, 11) is 0. The summed E-state index contributed by atoms with van der Waals surface area (Å²) in [5.74, 6) is -0.00360. The molecule has 3 unspecified atom stereocenters. The maximum atomic E-state index is 13.2. The molecule has 4 aliphatic carbocycles. The molecule has 4 rings (SSSR count). The van der Waals surface area contributed by atoms with Crippen molar-refractivity contribution in [3.05, 3.63) is 0 Å². The lowest BCUT2D eigenvalue weighted by atomic mass is 9.43. The van der Waals surface area contributed by atoms with Crippen LogP contribution >= 0.6 is 0 Å². The van der Waals surface area contributed by atoms with Crippen molar-refractivity contribution in [3.63, 3.8) is 0 Å². The first kappa shape index (κ1) is 42.5. The van der Waals surface area contributed by atoms with E-state index in [4.69, 9.17) is 36.1 Å². The summed E-state index contributed by atoms with van der Waals surface area (Å²) in [5, 5.41) is 0. The van der Waals surface area contributed by atoms with Gasteiger partial charge in [-0.1, -0.05) is 59.8 Å². The number of hydrogen-bond acceptors (Lipinski definition) is 11. The number of fused-ring (bicyclic) bond motifs is 5. The van der Waals surface area contributed by atoms with Crippen LogP contribution in [0.1, 0.15) is 143 Å². The first-order chi connectivity index (χ1) is 24.9. The van der Waals surface area contributed by atoms with Gasteiger partial charge in [0.1, 0.15) is 18.3 Å². The Kier molecular flexibility index (Phi) is 16.3. The Labute approximate surface area is 312 Å². The molecule has 0 aliphatic heterocycles. The van der Waals surface area contributed by atoms with Crippen LogP contribution < -0.4 is 17.2 Å². The zero-order chi connectivity index (χ0) is 37.9. The standard InChI is InChI=1S/C41H71N3O8/c1-5-6-7-8-9-10-23-49-35(45)14-11-27(2)30-12-13-31-39-32(26-34(41(30,31)4)52-38(48)18-22-44)40(3)19-15-29(50-36(46)16-20-42)24-28(40)25-33(39)51-37(47)17-21-43/h27-34,39H,5-26,42-44H2,1-4H3/t27-,28?,29-,30-,31+,32+,33-,34+,39?,40?,41-/m1/s1. The van der Waals surface area contributed by atoms with E-state index in [9.17, 15) is 19.2 Å². The van der Waals surface area contributed by atoms with Gasteiger partial charge in [-0.3, -0.25) is 19.2 Å². The zero-order valence-corrected chi connectivity index (χ0v) is 32.8. The van der Waals surface area contributed by atoms with E-state index >= 15 is 0 Å². The van der Waals surface area contributed by atoms with Crippen molar-refractivity contribution in [2.75, 3.05) is 26.2 Å². The lowest BCUT2D eigenvalue weighted by Crippen LogP contribution is -2.63. The summed E-state index contributed by atoms with van der Waals surface area (Å²) in [6.45, 7) is 10.3. The molecule has 0 spiro atoms. The number of nitrogens with two attached hydrogens (primary N) is 3. The number of hydrogen-bond donors (Lipinski definition) is 3. The molecule has 11 nitrogen and oxygen atoms in total. The van der Waals surface area contributed by atoms with Crippen molar-refractivity contribution in [1.29, 1.82) is 0 Å². The van der Waals surface area contributed by atoms with Gasteiger partial charge in [-0.15, -0.1) is 0 Å². The predicted molar refractivity (Wildman–Crippen MR) is 199 cm³/mol. The van der Waals surface area contributed by atoms with Gasteiger partial charge in [-0.2, -0.15) is 0 Å². The molecule has 0 aromatic carbocycles. The Balaban J connectivity index is 1.56. The number of ether oxygens (including phenoxy) is 4. The number of carbonyl (C=O) groups excluding carboxylic acids is 4. The fraction of sp³-hybridized carbons (Fsp3) is 0.902. The van der Waals surface area contributed by atoms with Crippen molar-refractivity contribution in [2.45, 2.75) is 162 Å². The van der Waals surface area contributed by atoms with Crippen LogP contribution in [-0.2, 0) is 38.1 Å². The molecule has 52 heavy (non-hydrogen) atoms. The largest absolute Gasteiger partial charge is 0.466 e. The predicted octanol–water partition coefficient (Wildman–Crippen LogP) is 5.97. The summed E-state index contributed by atoms with van der Waals surface area (Å²) in [5.41, 5.74) is 16.7. The molecular formula is C41H71N3O8. The Morgan fingerprint density at radius 2 is 1.35 bits per heavy atom. The number of carbonyl (C=O) groups is 4. The summed E-state index contributed by atoms with van der Waals surface area (Å²) in [6.07, 6.45) is 13.2. The minimum atomic E-state index is -0.371. The quantitative estimate of drug-likeness (QED) is 0.0762. The van der Waals surface area contributed by atoms with Crippen LogP contribution in [0.5, 0.6) is 0 Å². The van der Waals surface area contributed by atoms with E-state index in [1.807, 2.05) is 0 Å². The highest BCUT2D eigenvalue weighted by Gasteiger charge is 2.67. The molecule has 6 N–H and O–H groups in total. The van der Waals surface area contributed by atoms with Gasteiger partial charge in [0.2, 0.25) is 0 Å². The average molecular weight is 734 g/mol. The maximum absolute atomic E-state index is 13.2. The highest BCUT2D eigenvalue weighted by molar-refractivity contribution is 5.71. The van der Waals surface area contributed by atoms with Gasteiger partial charge in [-0.05, 0) is 92.8 Å². The monoisotopic (exact) mass is 734 g/mol. The van der Waals surface area contributed by atoms with E-state index in [1.54, 1.807) is 0 Å². The van der Waals surface area contributed by atoms with Gasteiger partial charge < -0.3 is 36.1 Å². The lowest BCUT2D eigenvalue weighted by Gasteiger charge is -2.64. The van der Waals surface area contributed by atoms with Crippen molar-refractivity contribution < 1.29 is 38.1 Å². The molecule has 4 saturated carbocycles. The molecule has 0 aromatic rings. The van der Waals surface area contributed by atoms with Gasteiger partial charge in [0, 0.05) is 37.4 Å². The number of rotatable bonds is 20. The normalized spacial score (nSPS) is 34.3. The van der Waals surface area contributed by atoms with Crippen molar-refractivity contribution in [2.24, 2.45) is 63.5 Å². The highest BCUT2D eigenvalue weighted by atomic mass is 16.6. The summed E-state index contributed by atoms with van der Waals surface area (Å²) in [6, 6.07) is 0. The molecule has 0 bridgehead atoms. The Bertz CT molecular complexity index is 1180. The molecule has 4 aliphatic rings. The molecule has 0 radical (unpaired) electrons. The molecular weight excluding hydrogens is 662 g/mol. The Hall–Kier alpha value is -2.24. The first-order valence-corrected chi connectivity index (χ1v) is 20.8. The fourth-order valence-corrected chi connectivity index (χ4v) is 11.2. The van der Waals surface area contributed by atoms with E-state index in [2.05, 4.69) is 27.7 Å². The van der Waals surface area contributed by atoms with Crippen LogP contribution in [0.3, 0.4) is 0 Å². The average Bonchev–Trinajstić information content (AvgIpc) is 3.46. The lowest BCUT2D eigenvalue weighted by molar-refractivity contribution is -0.225. The molecule has 11 heteroatoms. The van der Waals surface area contributed by atoms with Gasteiger partial charge in [-0.25, -0.2) is 0 Å². The Morgan fingerprint density at radius 3 is 2.02 bits per heavy atom. The number of esters is 4. The molecule has 0 heterocycles. The number of unbranched alkanes of at least 4 members (excludes halogenated alkanes) is 5. The second kappa shape index (κ2) is 19.9. The fourth-order valence-electron chi connectivity index (χ4n) is 11.2. The first-order valence-electron chi connectivity index (χ1n) is 20.8. The molecule has 0 saturated heterocycles. The molecule has 4 fully saturated rings. The Morgan fingerprint density at radius 1 is 0.712 bits per heavy atom. The summed E-state index contributed by atoms with van der Waals surface area (Å²) >= 11 is 0. The second-order valence-corrected chi connectivity index (χ2v) is 17.0. The molecule has 298 valence electrons. The van der Waals surface area contributed by atoms with Crippen LogP contribution in [-0.4, -0.2) is 68.4 Å². The van der Waals surface area contributed by atoms with E-state index < -0.39 is 0 Å². The highest BCUT2D eigenvalue weighted by Crippen LogP contribution is 2.69. The third kappa shape index (κ3) is 10.1. The minimum absolute atomic E-state index is 0.0910. The van der Waals surface area contributed by atoms with E-state index in [0.29, 0.717) is 38.7 Å². The van der Waals surface area contributed by atoms with Gasteiger partial charge in [0.05, 0.1) is 25.9 Å². The van der Waals surface area contributed by atoms with Gasteiger partial charge >= 0.3 is 23.9 Å². The van der Waals surface area contributed by atoms with Crippen molar-refractivity contribution in [1.82, 2.24) is 0 Å². The summed E-state index contributed by atoms with van der Waals surface area (Å²) < 4.78 is 24.3. The van der Waals surface area contributed by atoms with Crippen molar-refractivity contribution in [3.8, 4) is 0 Å². The third-order valence-corrected chi connectivity index (χ3v) is 13.9. The van der Waals surface area contributed by atoms with Gasteiger partial charge in [0.15, 0.2) is 0 Å². The second-order valence-electron chi connectivity index (χ2n) is 17.0. The SMILES string of the molecule is CCCCCCCCOC(=O)CC[C@@H](C)[C@H]1CC[C@H]2C3[C@H](OC(=O)CCN)CC4C[C@H](OC(=O)CCN)CCC4(C)[C@H]3C[C@H](OC(=O)CCN)[C@]12C. The van der Waals surface area contributed by atoms with E-state index in [0.717, 1.165) is 38.5 Å². The van der Waals surface area contributed by atoms with Crippen LogP contribution in [0, 0.1) is 46.3 Å². The third-order valence-electron chi connectivity index (χ3n) is 13.9. The van der Waals surface area contributed by atoms with Crippen molar-refractivity contribution >= 4 is 23.9 Å².